The molecule has 0 aliphatic carbocycles. The van der Waals surface area contributed by atoms with Gasteiger partial charge >= 0.3 is 17.1 Å². The fraction of sp³-hybridized carbons (Fsp3) is 0.567. The minimum absolute atomic E-state index is 0.0728. The molecule has 0 aromatic heterocycles. The monoisotopic (exact) mass is 544 g/mol. The summed E-state index contributed by atoms with van der Waals surface area (Å²) in [5.74, 6) is -0.0728. The average Bonchev–Trinajstić information content (AvgIpc) is 2.91. The minimum atomic E-state index is -2.80. The summed E-state index contributed by atoms with van der Waals surface area (Å²) in [7, 11) is -0.219. The summed E-state index contributed by atoms with van der Waals surface area (Å²) in [6.45, 7) is 6.61. The smallest absolute Gasteiger partial charge is 0.500 e. The molecule has 0 saturated heterocycles. The standard InChI is InChI=1S/C30H48O5Si2/c1-30(2,3)37(27-21-15-13-16-22-27,28-23-17-14-18-24-28)35-29(31)25-19-11-9-7-8-10-12-20-26-36(32-4,33-5)34-6/h13-18,21-24H,7-12,19-20,25-26H2,1-6H3. The van der Waals surface area contributed by atoms with Crippen LogP contribution in [0.2, 0.25) is 11.1 Å². The molecule has 0 unspecified atom stereocenters. The fourth-order valence-corrected chi connectivity index (χ4v) is 11.3. The van der Waals surface area contributed by atoms with Crippen molar-refractivity contribution < 1.29 is 22.5 Å². The van der Waals surface area contributed by atoms with E-state index in [1.165, 1.54) is 19.3 Å². The Morgan fingerprint density at radius 1 is 0.649 bits per heavy atom. The lowest BCUT2D eigenvalue weighted by atomic mass is 10.1. The fourth-order valence-electron chi connectivity index (χ4n) is 5.10. The third kappa shape index (κ3) is 8.89. The summed E-state index contributed by atoms with van der Waals surface area (Å²) in [5.41, 5.74) is 0. The van der Waals surface area contributed by atoms with E-state index in [2.05, 4.69) is 45.0 Å². The van der Waals surface area contributed by atoms with Crippen molar-refractivity contribution in [3.63, 3.8) is 0 Å². The molecule has 0 radical (unpaired) electrons. The maximum Gasteiger partial charge on any atom is 0.500 e. The van der Waals surface area contributed by atoms with Crippen LogP contribution in [0.1, 0.15) is 78.6 Å². The van der Waals surface area contributed by atoms with Crippen molar-refractivity contribution in [2.75, 3.05) is 21.3 Å². The van der Waals surface area contributed by atoms with Gasteiger partial charge in [-0.05, 0) is 28.3 Å². The molecule has 7 heteroatoms. The zero-order chi connectivity index (χ0) is 27.2. The van der Waals surface area contributed by atoms with E-state index in [-0.39, 0.29) is 11.0 Å². The quantitative estimate of drug-likeness (QED) is 0.169. The van der Waals surface area contributed by atoms with Crippen molar-refractivity contribution in [1.29, 1.82) is 0 Å². The lowest BCUT2D eigenvalue weighted by Crippen LogP contribution is -2.67. The summed E-state index contributed by atoms with van der Waals surface area (Å²) in [5, 5.41) is 2.09. The van der Waals surface area contributed by atoms with Crippen LogP contribution in [0.5, 0.6) is 0 Å². The Morgan fingerprint density at radius 3 is 1.46 bits per heavy atom. The van der Waals surface area contributed by atoms with Crippen LogP contribution in [0.15, 0.2) is 60.7 Å². The van der Waals surface area contributed by atoms with Gasteiger partial charge in [0.15, 0.2) is 0 Å². The van der Waals surface area contributed by atoms with Gasteiger partial charge in [-0.3, -0.25) is 4.79 Å². The molecule has 0 atom stereocenters. The first-order valence-corrected chi connectivity index (χ1v) is 17.6. The Balaban J connectivity index is 1.82. The summed E-state index contributed by atoms with van der Waals surface area (Å²) >= 11 is 0. The van der Waals surface area contributed by atoms with Gasteiger partial charge in [0.1, 0.15) is 0 Å². The first-order chi connectivity index (χ1) is 17.7. The van der Waals surface area contributed by atoms with Crippen molar-refractivity contribution in [2.24, 2.45) is 0 Å². The van der Waals surface area contributed by atoms with E-state index in [4.69, 9.17) is 17.7 Å². The molecule has 2 rings (SSSR count). The molecule has 2 aromatic rings. The second-order valence-electron chi connectivity index (χ2n) is 10.8. The van der Waals surface area contributed by atoms with Crippen LogP contribution >= 0.6 is 0 Å². The number of hydrogen-bond donors (Lipinski definition) is 0. The zero-order valence-corrected chi connectivity index (χ0v) is 25.9. The van der Waals surface area contributed by atoms with Crippen molar-refractivity contribution in [3.05, 3.63) is 60.7 Å². The molecule has 37 heavy (non-hydrogen) atoms. The van der Waals surface area contributed by atoms with Gasteiger partial charge in [-0.25, -0.2) is 0 Å². The first-order valence-electron chi connectivity index (χ1n) is 13.7. The lowest BCUT2D eigenvalue weighted by molar-refractivity contribution is -0.135. The predicted molar refractivity (Wildman–Crippen MR) is 157 cm³/mol. The van der Waals surface area contributed by atoms with Crippen LogP contribution in [-0.2, 0) is 22.5 Å². The molecule has 0 saturated carbocycles. The van der Waals surface area contributed by atoms with Crippen molar-refractivity contribution in [1.82, 2.24) is 0 Å². The highest BCUT2D eigenvalue weighted by molar-refractivity contribution is 7.00. The van der Waals surface area contributed by atoms with Crippen LogP contribution in [0, 0.1) is 0 Å². The molecule has 2 aromatic carbocycles. The number of rotatable bonds is 17. The van der Waals surface area contributed by atoms with Gasteiger partial charge in [0.25, 0.3) is 5.97 Å². The third-order valence-electron chi connectivity index (χ3n) is 7.23. The number of benzene rings is 2. The number of hydrogen-bond acceptors (Lipinski definition) is 5. The van der Waals surface area contributed by atoms with E-state index in [0.29, 0.717) is 6.42 Å². The normalized spacial score (nSPS) is 12.5. The highest BCUT2D eigenvalue weighted by Crippen LogP contribution is 2.37. The van der Waals surface area contributed by atoms with Crippen molar-refractivity contribution >= 4 is 33.5 Å². The van der Waals surface area contributed by atoms with Crippen molar-refractivity contribution in [2.45, 2.75) is 89.6 Å². The zero-order valence-electron chi connectivity index (χ0n) is 23.9. The number of carbonyl (C=O) groups is 1. The van der Waals surface area contributed by atoms with Crippen LogP contribution < -0.4 is 10.4 Å². The van der Waals surface area contributed by atoms with Gasteiger partial charge in [0.2, 0.25) is 0 Å². The van der Waals surface area contributed by atoms with E-state index < -0.39 is 17.1 Å². The Bertz CT molecular complexity index is 847. The molecule has 0 N–H and O–H groups in total. The predicted octanol–water partition coefficient (Wildman–Crippen LogP) is 6.48. The van der Waals surface area contributed by atoms with E-state index in [1.807, 2.05) is 36.4 Å². The van der Waals surface area contributed by atoms with Crippen LogP contribution in [0.4, 0.5) is 0 Å². The first kappa shape index (κ1) is 31.4. The van der Waals surface area contributed by atoms with E-state index >= 15 is 0 Å². The second-order valence-corrected chi connectivity index (χ2v) is 18.1. The highest BCUT2D eigenvalue weighted by Gasteiger charge is 2.53. The largest absolute Gasteiger partial charge is 0.510 e. The minimum Gasteiger partial charge on any atom is -0.510 e. The molecule has 0 amide bonds. The molecule has 206 valence electrons. The van der Waals surface area contributed by atoms with E-state index in [9.17, 15) is 4.79 Å². The molecule has 0 fully saturated rings. The van der Waals surface area contributed by atoms with E-state index in [1.54, 1.807) is 21.3 Å². The maximum atomic E-state index is 13.2. The van der Waals surface area contributed by atoms with Crippen molar-refractivity contribution in [3.8, 4) is 0 Å². The molecule has 0 aliphatic heterocycles. The number of unbranched alkanes of at least 4 members (excludes halogenated alkanes) is 7. The van der Waals surface area contributed by atoms with Crippen LogP contribution in [0.3, 0.4) is 0 Å². The molecular weight excluding hydrogens is 496 g/mol. The summed E-state index contributed by atoms with van der Waals surface area (Å²) in [6.07, 6.45) is 9.41. The Hall–Kier alpha value is -1.78. The Kier molecular flexibility index (Phi) is 13.2. The summed E-state index contributed by atoms with van der Waals surface area (Å²) in [6, 6.07) is 21.6. The average molecular weight is 545 g/mol. The van der Waals surface area contributed by atoms with Gasteiger partial charge in [0.05, 0.1) is 0 Å². The Labute approximate surface area is 227 Å². The Morgan fingerprint density at radius 2 is 1.05 bits per heavy atom. The van der Waals surface area contributed by atoms with Gasteiger partial charge in [0, 0.05) is 33.8 Å². The summed E-state index contributed by atoms with van der Waals surface area (Å²) < 4.78 is 23.0. The van der Waals surface area contributed by atoms with Crippen LogP contribution in [0.25, 0.3) is 0 Å². The highest BCUT2D eigenvalue weighted by atomic mass is 28.4. The molecule has 0 spiro atoms. The molecule has 0 bridgehead atoms. The SMILES string of the molecule is CO[Si](CCCCCCCCCCC(=O)O[Si](c1ccccc1)(c1ccccc1)C(C)(C)C)(OC)OC. The lowest BCUT2D eigenvalue weighted by Gasteiger charge is -2.42. The van der Waals surface area contributed by atoms with Gasteiger partial charge < -0.3 is 17.7 Å². The van der Waals surface area contributed by atoms with Crippen LogP contribution in [-0.4, -0.2) is 44.4 Å². The topological polar surface area (TPSA) is 54.0 Å². The third-order valence-corrected chi connectivity index (χ3v) is 15.0. The second kappa shape index (κ2) is 15.6. The van der Waals surface area contributed by atoms with E-state index in [0.717, 1.165) is 48.5 Å². The van der Waals surface area contributed by atoms with Gasteiger partial charge in [-0.2, -0.15) is 0 Å². The van der Waals surface area contributed by atoms with Gasteiger partial charge in [-0.1, -0.05) is 120 Å². The number of carbonyl (C=O) groups excluding carboxylic acids is 1. The maximum absolute atomic E-state index is 13.2. The molecule has 0 aliphatic rings. The molecular formula is C30H48O5Si2. The molecule has 0 heterocycles. The molecule has 5 nitrogen and oxygen atoms in total. The summed E-state index contributed by atoms with van der Waals surface area (Å²) in [4.78, 5) is 13.2. The van der Waals surface area contributed by atoms with Gasteiger partial charge in [-0.15, -0.1) is 0 Å².